The van der Waals surface area contributed by atoms with E-state index in [1.165, 1.54) is 4.90 Å². The molecule has 0 heterocycles. The monoisotopic (exact) mass is 256 g/mol. The number of urea groups is 1. The molecular weight excluding hydrogens is 242 g/mol. The van der Waals surface area contributed by atoms with E-state index in [-0.39, 0.29) is 0 Å². The minimum absolute atomic E-state index is 0.398. The number of nitrogens with one attached hydrogen (secondary N) is 1. The summed E-state index contributed by atoms with van der Waals surface area (Å²) in [5.41, 5.74) is -0.752. The normalized spacial score (nSPS) is 10.0. The number of amides is 3. The van der Waals surface area contributed by atoms with E-state index in [0.717, 1.165) is 18.2 Å². The molecule has 18 heavy (non-hydrogen) atoms. The molecule has 0 aliphatic carbocycles. The van der Waals surface area contributed by atoms with Crippen LogP contribution in [0.5, 0.6) is 0 Å². The largest absolute Gasteiger partial charge is 0.325 e. The Morgan fingerprint density at radius 3 is 2.11 bits per heavy atom. The van der Waals surface area contributed by atoms with Crippen molar-refractivity contribution < 1.29 is 18.4 Å². The predicted octanol–water partition coefficient (Wildman–Crippen LogP) is 2.16. The predicted molar refractivity (Wildman–Crippen MR) is 62.1 cm³/mol. The molecule has 0 aromatic heterocycles. The van der Waals surface area contributed by atoms with Gasteiger partial charge < -0.3 is 4.90 Å². The van der Waals surface area contributed by atoms with Gasteiger partial charge in [0, 0.05) is 13.1 Å². The first-order valence-corrected chi connectivity index (χ1v) is 5.55. The first-order chi connectivity index (χ1) is 8.51. The Labute approximate surface area is 104 Å². The molecule has 0 unspecified atom stereocenters. The summed E-state index contributed by atoms with van der Waals surface area (Å²) in [7, 11) is 0. The standard InChI is InChI=1S/C12H14F2N2O2/c1-3-16(4-2)12(18)15-11(17)10-8(13)6-5-7-9(10)14/h5-7H,3-4H2,1-2H3,(H,15,17,18). The summed E-state index contributed by atoms with van der Waals surface area (Å²) in [6, 6.07) is 2.39. The molecule has 1 rings (SSSR count). The number of hydrogen-bond donors (Lipinski definition) is 1. The van der Waals surface area contributed by atoms with Crippen molar-refractivity contribution in [3.05, 3.63) is 35.4 Å². The van der Waals surface area contributed by atoms with Gasteiger partial charge in [0.25, 0.3) is 5.91 Å². The van der Waals surface area contributed by atoms with Crippen molar-refractivity contribution in [1.29, 1.82) is 0 Å². The number of imide groups is 1. The van der Waals surface area contributed by atoms with Crippen molar-refractivity contribution in [2.45, 2.75) is 13.8 Å². The van der Waals surface area contributed by atoms with Gasteiger partial charge in [-0.05, 0) is 26.0 Å². The summed E-state index contributed by atoms with van der Waals surface area (Å²) in [5.74, 6) is -3.08. The second kappa shape index (κ2) is 6.09. The molecular formula is C12H14F2N2O2. The molecule has 0 fully saturated rings. The van der Waals surface area contributed by atoms with Crippen LogP contribution in [0, 0.1) is 11.6 Å². The Morgan fingerprint density at radius 1 is 1.17 bits per heavy atom. The first-order valence-electron chi connectivity index (χ1n) is 5.55. The van der Waals surface area contributed by atoms with Gasteiger partial charge in [-0.2, -0.15) is 0 Å². The van der Waals surface area contributed by atoms with Gasteiger partial charge in [-0.25, -0.2) is 13.6 Å². The number of carbonyl (C=O) groups excluding carboxylic acids is 2. The second-order valence-corrected chi connectivity index (χ2v) is 3.53. The maximum atomic E-state index is 13.3. The third kappa shape index (κ3) is 3.03. The molecule has 98 valence electrons. The molecule has 0 aliphatic heterocycles. The van der Waals surface area contributed by atoms with E-state index in [0.29, 0.717) is 13.1 Å². The van der Waals surface area contributed by atoms with Crippen molar-refractivity contribution in [2.24, 2.45) is 0 Å². The Balaban J connectivity index is 2.86. The van der Waals surface area contributed by atoms with Crippen LogP contribution in [0.2, 0.25) is 0 Å². The quantitative estimate of drug-likeness (QED) is 0.900. The average Bonchev–Trinajstić information content (AvgIpc) is 2.30. The highest BCUT2D eigenvalue weighted by Crippen LogP contribution is 2.11. The fourth-order valence-corrected chi connectivity index (χ4v) is 1.46. The van der Waals surface area contributed by atoms with E-state index in [1.807, 2.05) is 5.32 Å². The number of hydrogen-bond acceptors (Lipinski definition) is 2. The van der Waals surface area contributed by atoms with E-state index in [2.05, 4.69) is 0 Å². The lowest BCUT2D eigenvalue weighted by atomic mass is 10.2. The Bertz CT molecular complexity index is 439. The maximum Gasteiger partial charge on any atom is 0.324 e. The van der Waals surface area contributed by atoms with Crippen LogP contribution in [0.1, 0.15) is 24.2 Å². The third-order valence-corrected chi connectivity index (χ3v) is 2.46. The molecule has 1 aromatic rings. The molecule has 0 radical (unpaired) electrons. The molecule has 6 heteroatoms. The van der Waals surface area contributed by atoms with Crippen LogP contribution >= 0.6 is 0 Å². The molecule has 1 aromatic carbocycles. The van der Waals surface area contributed by atoms with E-state index < -0.39 is 29.1 Å². The van der Waals surface area contributed by atoms with Crippen LogP contribution < -0.4 is 5.32 Å². The zero-order valence-corrected chi connectivity index (χ0v) is 10.2. The fourth-order valence-electron chi connectivity index (χ4n) is 1.46. The van der Waals surface area contributed by atoms with E-state index in [4.69, 9.17) is 0 Å². The number of rotatable bonds is 3. The van der Waals surface area contributed by atoms with Crippen LogP contribution in [0.3, 0.4) is 0 Å². The number of nitrogens with zero attached hydrogens (tertiary/aromatic N) is 1. The second-order valence-electron chi connectivity index (χ2n) is 3.53. The molecule has 1 N–H and O–H groups in total. The van der Waals surface area contributed by atoms with Crippen molar-refractivity contribution in [3.8, 4) is 0 Å². The third-order valence-electron chi connectivity index (χ3n) is 2.46. The minimum Gasteiger partial charge on any atom is -0.325 e. The van der Waals surface area contributed by atoms with Gasteiger partial charge in [0.05, 0.1) is 0 Å². The highest BCUT2D eigenvalue weighted by molar-refractivity contribution is 6.04. The molecule has 0 spiro atoms. The molecule has 4 nitrogen and oxygen atoms in total. The van der Waals surface area contributed by atoms with E-state index >= 15 is 0 Å². The van der Waals surface area contributed by atoms with Crippen LogP contribution in [-0.4, -0.2) is 29.9 Å². The molecule has 0 saturated carbocycles. The molecule has 0 aliphatic rings. The minimum atomic E-state index is -1.08. The Morgan fingerprint density at radius 2 is 1.67 bits per heavy atom. The SMILES string of the molecule is CCN(CC)C(=O)NC(=O)c1c(F)cccc1F. The van der Waals surface area contributed by atoms with Gasteiger partial charge in [0.2, 0.25) is 0 Å². The van der Waals surface area contributed by atoms with Crippen LogP contribution in [0.4, 0.5) is 13.6 Å². The van der Waals surface area contributed by atoms with Crippen LogP contribution in [-0.2, 0) is 0 Å². The number of halogens is 2. The first kappa shape index (κ1) is 14.1. The van der Waals surface area contributed by atoms with Crippen LogP contribution in [0.25, 0.3) is 0 Å². The summed E-state index contributed by atoms with van der Waals surface area (Å²) in [6.45, 7) is 4.26. The van der Waals surface area contributed by atoms with Gasteiger partial charge >= 0.3 is 6.03 Å². The lowest BCUT2D eigenvalue weighted by molar-refractivity contribution is 0.0945. The zero-order valence-electron chi connectivity index (χ0n) is 10.2. The molecule has 0 bridgehead atoms. The number of benzene rings is 1. The highest BCUT2D eigenvalue weighted by atomic mass is 19.1. The van der Waals surface area contributed by atoms with Gasteiger partial charge in [-0.3, -0.25) is 10.1 Å². The topological polar surface area (TPSA) is 49.4 Å². The van der Waals surface area contributed by atoms with Gasteiger partial charge in [-0.15, -0.1) is 0 Å². The zero-order chi connectivity index (χ0) is 13.7. The maximum absolute atomic E-state index is 13.3. The highest BCUT2D eigenvalue weighted by Gasteiger charge is 2.20. The molecule has 0 saturated heterocycles. The lowest BCUT2D eigenvalue weighted by Crippen LogP contribution is -2.43. The summed E-state index contributed by atoms with van der Waals surface area (Å²) in [6.07, 6.45) is 0. The van der Waals surface area contributed by atoms with Gasteiger partial charge in [0.15, 0.2) is 0 Å². The van der Waals surface area contributed by atoms with E-state index in [1.54, 1.807) is 13.8 Å². The van der Waals surface area contributed by atoms with E-state index in [9.17, 15) is 18.4 Å². The lowest BCUT2D eigenvalue weighted by Gasteiger charge is -2.18. The summed E-state index contributed by atoms with van der Waals surface area (Å²) >= 11 is 0. The molecule has 3 amide bonds. The Hall–Kier alpha value is -1.98. The number of carbonyl (C=O) groups is 2. The fraction of sp³-hybridized carbons (Fsp3) is 0.333. The summed E-state index contributed by atoms with van der Waals surface area (Å²) < 4.78 is 26.6. The van der Waals surface area contributed by atoms with Crippen molar-refractivity contribution >= 4 is 11.9 Å². The van der Waals surface area contributed by atoms with Crippen molar-refractivity contribution in [1.82, 2.24) is 10.2 Å². The summed E-state index contributed by atoms with van der Waals surface area (Å²) in [4.78, 5) is 24.5. The van der Waals surface area contributed by atoms with Crippen molar-refractivity contribution in [3.63, 3.8) is 0 Å². The van der Waals surface area contributed by atoms with Gasteiger partial charge in [-0.1, -0.05) is 6.07 Å². The van der Waals surface area contributed by atoms with Gasteiger partial charge in [0.1, 0.15) is 17.2 Å². The van der Waals surface area contributed by atoms with Crippen LogP contribution in [0.15, 0.2) is 18.2 Å². The average molecular weight is 256 g/mol. The molecule has 0 atom stereocenters. The van der Waals surface area contributed by atoms with Crippen molar-refractivity contribution in [2.75, 3.05) is 13.1 Å². The Kier molecular flexibility index (Phi) is 4.76. The smallest absolute Gasteiger partial charge is 0.324 e. The summed E-state index contributed by atoms with van der Waals surface area (Å²) in [5, 5.41) is 1.95.